The van der Waals surface area contributed by atoms with Gasteiger partial charge in [-0.15, -0.1) is 0 Å². The molecule has 1 fully saturated rings. The molecule has 8 nitrogen and oxygen atoms in total. The quantitative estimate of drug-likeness (QED) is 0.716. The van der Waals surface area contributed by atoms with Gasteiger partial charge in [-0.05, 0) is 37.8 Å². The van der Waals surface area contributed by atoms with E-state index in [9.17, 15) is 0 Å². The molecule has 9 heteroatoms. The molecular formula is C14H16ClN7O. The molecule has 1 atom stereocenters. The minimum absolute atomic E-state index is 0.104. The number of halogens is 1. The summed E-state index contributed by atoms with van der Waals surface area (Å²) in [5.41, 5.74) is 1.61. The fourth-order valence-electron chi connectivity index (χ4n) is 2.73. The van der Waals surface area contributed by atoms with E-state index in [0.717, 1.165) is 36.9 Å². The van der Waals surface area contributed by atoms with Gasteiger partial charge < -0.3 is 10.1 Å². The Morgan fingerprint density at radius 2 is 2.30 bits per heavy atom. The van der Waals surface area contributed by atoms with Crippen molar-refractivity contribution in [2.24, 2.45) is 0 Å². The van der Waals surface area contributed by atoms with Crippen LogP contribution in [0.4, 0.5) is 11.6 Å². The molecule has 2 N–H and O–H groups in total. The summed E-state index contributed by atoms with van der Waals surface area (Å²) < 4.78 is 7.57. The third-order valence-electron chi connectivity index (χ3n) is 3.81. The van der Waals surface area contributed by atoms with E-state index in [2.05, 4.69) is 30.6 Å². The molecule has 1 aliphatic rings. The van der Waals surface area contributed by atoms with Crippen molar-refractivity contribution >= 4 is 34.3 Å². The van der Waals surface area contributed by atoms with Crippen molar-refractivity contribution in [3.8, 4) is 0 Å². The Morgan fingerprint density at radius 3 is 3.04 bits per heavy atom. The van der Waals surface area contributed by atoms with Gasteiger partial charge in [0.15, 0.2) is 17.7 Å². The van der Waals surface area contributed by atoms with Gasteiger partial charge in [0.1, 0.15) is 5.82 Å². The van der Waals surface area contributed by atoms with Gasteiger partial charge in [-0.2, -0.15) is 20.2 Å². The van der Waals surface area contributed by atoms with Crippen LogP contribution < -0.4 is 5.32 Å². The lowest BCUT2D eigenvalue weighted by Crippen LogP contribution is -2.19. The predicted molar refractivity (Wildman–Crippen MR) is 85.8 cm³/mol. The van der Waals surface area contributed by atoms with Crippen LogP contribution in [0.5, 0.6) is 0 Å². The van der Waals surface area contributed by atoms with Crippen molar-refractivity contribution in [1.82, 2.24) is 29.9 Å². The monoisotopic (exact) mass is 333 g/mol. The summed E-state index contributed by atoms with van der Waals surface area (Å²) in [5, 5.41) is 15.6. The second kappa shape index (κ2) is 5.78. The lowest BCUT2D eigenvalue weighted by Gasteiger charge is -2.23. The Kier molecular flexibility index (Phi) is 3.62. The van der Waals surface area contributed by atoms with Crippen LogP contribution in [-0.2, 0) is 4.74 Å². The molecule has 0 saturated carbocycles. The van der Waals surface area contributed by atoms with Crippen molar-refractivity contribution in [3.05, 3.63) is 23.2 Å². The number of fused-ring (bicyclic) bond motifs is 1. The Balaban J connectivity index is 1.75. The Morgan fingerprint density at radius 1 is 1.39 bits per heavy atom. The van der Waals surface area contributed by atoms with Crippen LogP contribution in [0.3, 0.4) is 0 Å². The third kappa shape index (κ3) is 2.75. The minimum Gasteiger partial charge on any atom is -0.356 e. The van der Waals surface area contributed by atoms with Crippen molar-refractivity contribution in [3.63, 3.8) is 0 Å². The zero-order valence-corrected chi connectivity index (χ0v) is 13.3. The van der Waals surface area contributed by atoms with Crippen LogP contribution in [0.2, 0.25) is 5.28 Å². The van der Waals surface area contributed by atoms with Crippen LogP contribution in [0.25, 0.3) is 11.0 Å². The highest BCUT2D eigenvalue weighted by Crippen LogP contribution is 2.29. The number of H-pyrrole nitrogens is 1. The molecular weight excluding hydrogens is 318 g/mol. The first-order valence-electron chi connectivity index (χ1n) is 7.52. The number of hydrogen-bond acceptors (Lipinski definition) is 6. The second-order valence-corrected chi connectivity index (χ2v) is 5.89. The van der Waals surface area contributed by atoms with E-state index in [1.807, 2.05) is 13.0 Å². The summed E-state index contributed by atoms with van der Waals surface area (Å²) in [6.45, 7) is 2.67. The average molecular weight is 334 g/mol. The fourth-order valence-corrected chi connectivity index (χ4v) is 2.89. The van der Waals surface area contributed by atoms with E-state index in [1.54, 1.807) is 10.9 Å². The van der Waals surface area contributed by atoms with Crippen LogP contribution in [0.1, 0.15) is 31.2 Å². The van der Waals surface area contributed by atoms with Crippen molar-refractivity contribution in [1.29, 1.82) is 0 Å². The zero-order chi connectivity index (χ0) is 15.8. The number of aromatic nitrogens is 6. The summed E-state index contributed by atoms with van der Waals surface area (Å²) >= 11 is 6.09. The summed E-state index contributed by atoms with van der Waals surface area (Å²) in [6, 6.07) is 1.89. The van der Waals surface area contributed by atoms with Gasteiger partial charge in [0.2, 0.25) is 5.28 Å². The largest absolute Gasteiger partial charge is 0.356 e. The molecule has 0 amide bonds. The average Bonchev–Trinajstić information content (AvgIpc) is 3.14. The smallest absolute Gasteiger partial charge is 0.226 e. The summed E-state index contributed by atoms with van der Waals surface area (Å²) in [7, 11) is 0. The fraction of sp³-hybridized carbons (Fsp3) is 0.429. The van der Waals surface area contributed by atoms with Crippen molar-refractivity contribution < 1.29 is 4.74 Å². The van der Waals surface area contributed by atoms with Crippen molar-refractivity contribution in [2.45, 2.75) is 32.4 Å². The van der Waals surface area contributed by atoms with Gasteiger partial charge in [-0.1, -0.05) is 0 Å². The molecule has 0 radical (unpaired) electrons. The molecule has 0 bridgehead atoms. The standard InChI is InChI=1S/C14H16ClN7O/c1-8-6-10(21-20-8)17-12-9-7-16-22(11-4-2-3-5-23-11)13(9)19-14(15)18-12/h6-7,11H,2-5H2,1H3,(H2,17,18,19,20,21). The van der Waals surface area contributed by atoms with E-state index >= 15 is 0 Å². The van der Waals surface area contributed by atoms with Crippen LogP contribution >= 0.6 is 11.6 Å². The second-order valence-electron chi connectivity index (χ2n) is 5.55. The number of nitrogens with zero attached hydrogens (tertiary/aromatic N) is 5. The normalized spacial score (nSPS) is 18.4. The van der Waals surface area contributed by atoms with E-state index < -0.39 is 0 Å². The predicted octanol–water partition coefficient (Wildman–Crippen LogP) is 2.95. The Labute approximate surface area is 137 Å². The maximum atomic E-state index is 6.09. The van der Waals surface area contributed by atoms with E-state index in [1.165, 1.54) is 0 Å². The first-order chi connectivity index (χ1) is 11.2. The highest BCUT2D eigenvalue weighted by atomic mass is 35.5. The van der Waals surface area contributed by atoms with Gasteiger partial charge in [0.25, 0.3) is 0 Å². The summed E-state index contributed by atoms with van der Waals surface area (Å²) in [5.74, 6) is 1.24. The molecule has 1 unspecified atom stereocenters. The van der Waals surface area contributed by atoms with Gasteiger partial charge in [0.05, 0.1) is 11.6 Å². The SMILES string of the molecule is Cc1cc(Nc2nc(Cl)nc3c2cnn3C2CCCCO2)n[nH]1. The molecule has 4 heterocycles. The van der Waals surface area contributed by atoms with E-state index in [4.69, 9.17) is 16.3 Å². The van der Waals surface area contributed by atoms with E-state index in [0.29, 0.717) is 17.3 Å². The number of ether oxygens (including phenoxy) is 1. The van der Waals surface area contributed by atoms with Gasteiger partial charge in [0, 0.05) is 18.4 Å². The lowest BCUT2D eigenvalue weighted by molar-refractivity contribution is -0.0370. The molecule has 3 aromatic rings. The van der Waals surface area contributed by atoms with Crippen molar-refractivity contribution in [2.75, 3.05) is 11.9 Å². The molecule has 1 aliphatic heterocycles. The maximum absolute atomic E-state index is 6.09. The van der Waals surface area contributed by atoms with Gasteiger partial charge in [-0.25, -0.2) is 4.68 Å². The summed E-state index contributed by atoms with van der Waals surface area (Å²) in [6.07, 6.45) is 4.73. The Bertz CT molecular complexity index is 837. The maximum Gasteiger partial charge on any atom is 0.226 e. The number of nitrogens with one attached hydrogen (secondary N) is 2. The van der Waals surface area contributed by atoms with Crippen LogP contribution in [0, 0.1) is 6.92 Å². The van der Waals surface area contributed by atoms with Gasteiger partial charge in [-0.3, -0.25) is 5.10 Å². The first kappa shape index (κ1) is 14.4. The molecule has 3 aromatic heterocycles. The topological polar surface area (TPSA) is 93.5 Å². The lowest BCUT2D eigenvalue weighted by atomic mass is 10.2. The number of hydrogen-bond donors (Lipinski definition) is 2. The molecule has 0 aromatic carbocycles. The highest BCUT2D eigenvalue weighted by Gasteiger charge is 2.21. The van der Waals surface area contributed by atoms with E-state index in [-0.39, 0.29) is 11.5 Å². The van der Waals surface area contributed by atoms with Crippen LogP contribution in [0.15, 0.2) is 12.3 Å². The number of aromatic amines is 1. The Hall–Kier alpha value is -2.19. The van der Waals surface area contributed by atoms with Crippen LogP contribution in [-0.4, -0.2) is 36.6 Å². The highest BCUT2D eigenvalue weighted by molar-refractivity contribution is 6.28. The molecule has 0 spiro atoms. The number of anilines is 2. The number of rotatable bonds is 3. The minimum atomic E-state index is -0.104. The number of aryl methyl sites for hydroxylation is 1. The molecule has 120 valence electrons. The molecule has 4 rings (SSSR count). The van der Waals surface area contributed by atoms with Gasteiger partial charge >= 0.3 is 0 Å². The zero-order valence-electron chi connectivity index (χ0n) is 12.6. The molecule has 1 saturated heterocycles. The summed E-state index contributed by atoms with van der Waals surface area (Å²) in [4.78, 5) is 8.58. The molecule has 23 heavy (non-hydrogen) atoms. The molecule has 0 aliphatic carbocycles. The first-order valence-corrected chi connectivity index (χ1v) is 7.90. The third-order valence-corrected chi connectivity index (χ3v) is 3.98.